The third kappa shape index (κ3) is 6.50. The molecule has 1 aromatic heterocycles. The number of carbonyl (C=O) groups excluding carboxylic acids is 2. The fourth-order valence-corrected chi connectivity index (χ4v) is 3.66. The molecule has 8 heteroatoms. The third-order valence-corrected chi connectivity index (χ3v) is 5.39. The van der Waals surface area contributed by atoms with Crippen molar-refractivity contribution in [3.8, 4) is 11.5 Å². The topological polar surface area (TPSA) is 80.3 Å². The van der Waals surface area contributed by atoms with Gasteiger partial charge in [0.15, 0.2) is 0 Å². The minimum atomic E-state index is -0.908. The molecule has 0 aliphatic rings. The zero-order valence-corrected chi connectivity index (χ0v) is 19.4. The van der Waals surface area contributed by atoms with E-state index >= 15 is 0 Å². The highest BCUT2D eigenvalue weighted by Gasteiger charge is 2.21. The van der Waals surface area contributed by atoms with Crippen molar-refractivity contribution in [1.29, 1.82) is 0 Å². The number of nitrogens with one attached hydrogen (secondary N) is 2. The molecule has 36 heavy (non-hydrogen) atoms. The number of aryl methyl sites for hydroxylation is 1. The van der Waals surface area contributed by atoms with Crippen LogP contribution in [0.1, 0.15) is 22.7 Å². The lowest BCUT2D eigenvalue weighted by atomic mass is 9.98. The van der Waals surface area contributed by atoms with Gasteiger partial charge in [0.05, 0.1) is 12.2 Å². The summed E-state index contributed by atoms with van der Waals surface area (Å²) < 4.78 is 33.3. The number of amides is 2. The lowest BCUT2D eigenvalue weighted by Gasteiger charge is -2.19. The molecule has 4 rings (SSSR count). The van der Waals surface area contributed by atoms with Crippen LogP contribution in [0.4, 0.5) is 14.5 Å². The van der Waals surface area contributed by atoms with E-state index in [1.54, 1.807) is 67.8 Å². The molecule has 1 atom stereocenters. The van der Waals surface area contributed by atoms with Crippen molar-refractivity contribution >= 4 is 17.5 Å². The SMILES string of the molecule is Cc1cc(NC(=O)C(=O)N[C@@H](Cc2cccc(F)c2)c2cccc(F)c2)ccc1Oc1cccnc1. The molecule has 6 nitrogen and oxygen atoms in total. The highest BCUT2D eigenvalue weighted by molar-refractivity contribution is 6.39. The second-order valence-electron chi connectivity index (χ2n) is 8.14. The van der Waals surface area contributed by atoms with E-state index in [9.17, 15) is 18.4 Å². The predicted octanol–water partition coefficient (Wildman–Crippen LogP) is 5.50. The van der Waals surface area contributed by atoms with Crippen LogP contribution in [0.15, 0.2) is 91.3 Å². The fourth-order valence-electron chi connectivity index (χ4n) is 3.66. The van der Waals surface area contributed by atoms with Crippen molar-refractivity contribution in [2.24, 2.45) is 0 Å². The Morgan fingerprint density at radius 1 is 0.917 bits per heavy atom. The molecule has 3 aromatic carbocycles. The number of ether oxygens (including phenoxy) is 1. The van der Waals surface area contributed by atoms with Gasteiger partial charge in [-0.2, -0.15) is 0 Å². The number of anilines is 1. The third-order valence-electron chi connectivity index (χ3n) is 5.39. The van der Waals surface area contributed by atoms with Crippen molar-refractivity contribution < 1.29 is 23.1 Å². The van der Waals surface area contributed by atoms with Gasteiger partial charge in [-0.3, -0.25) is 14.6 Å². The first-order valence-electron chi connectivity index (χ1n) is 11.2. The second-order valence-corrected chi connectivity index (χ2v) is 8.14. The average molecular weight is 488 g/mol. The number of pyridine rings is 1. The summed E-state index contributed by atoms with van der Waals surface area (Å²) in [6.45, 7) is 1.81. The normalized spacial score (nSPS) is 11.4. The Bertz CT molecular complexity index is 1380. The summed E-state index contributed by atoms with van der Waals surface area (Å²) in [6, 6.07) is 19.3. The first-order valence-corrected chi connectivity index (χ1v) is 11.2. The summed E-state index contributed by atoms with van der Waals surface area (Å²) in [6.07, 6.45) is 3.39. The van der Waals surface area contributed by atoms with Crippen molar-refractivity contribution in [3.63, 3.8) is 0 Å². The summed E-state index contributed by atoms with van der Waals surface area (Å²) in [5, 5.41) is 5.20. The molecule has 0 spiro atoms. The first kappa shape index (κ1) is 24.5. The van der Waals surface area contributed by atoms with Gasteiger partial charge in [-0.15, -0.1) is 0 Å². The summed E-state index contributed by atoms with van der Waals surface area (Å²) in [4.78, 5) is 29.4. The Labute approximate surface area is 207 Å². The van der Waals surface area contributed by atoms with E-state index in [4.69, 9.17) is 4.74 Å². The Kier molecular flexibility index (Phi) is 7.65. The van der Waals surface area contributed by atoms with Gasteiger partial charge in [0.2, 0.25) is 0 Å². The van der Waals surface area contributed by atoms with Crippen LogP contribution in [0.25, 0.3) is 0 Å². The van der Waals surface area contributed by atoms with Crippen LogP contribution in [0.2, 0.25) is 0 Å². The smallest absolute Gasteiger partial charge is 0.313 e. The zero-order chi connectivity index (χ0) is 25.5. The van der Waals surface area contributed by atoms with Crippen LogP contribution in [-0.4, -0.2) is 16.8 Å². The van der Waals surface area contributed by atoms with E-state index in [0.29, 0.717) is 28.3 Å². The van der Waals surface area contributed by atoms with Crippen LogP contribution in [0.5, 0.6) is 11.5 Å². The summed E-state index contributed by atoms with van der Waals surface area (Å²) in [5.41, 5.74) is 2.18. The largest absolute Gasteiger partial charge is 0.455 e. The Morgan fingerprint density at radius 2 is 1.69 bits per heavy atom. The standard InChI is InChI=1S/C28H23F2N3O3/c1-18-13-23(10-11-26(18)36-24-9-4-12-31-17-24)32-27(34)28(35)33-25(20-6-3-8-22(30)16-20)15-19-5-2-7-21(29)14-19/h2-14,16-17,25H,15H2,1H3,(H,32,34)(H,33,35)/t25-/m0/s1. The van der Waals surface area contributed by atoms with Gasteiger partial charge in [0.1, 0.15) is 23.1 Å². The molecule has 0 bridgehead atoms. The summed E-state index contributed by atoms with van der Waals surface area (Å²) >= 11 is 0. The van der Waals surface area contributed by atoms with E-state index < -0.39 is 29.5 Å². The minimum Gasteiger partial charge on any atom is -0.455 e. The van der Waals surface area contributed by atoms with Crippen LogP contribution in [0.3, 0.4) is 0 Å². The van der Waals surface area contributed by atoms with Gasteiger partial charge in [0.25, 0.3) is 0 Å². The van der Waals surface area contributed by atoms with Crippen molar-refractivity contribution in [2.45, 2.75) is 19.4 Å². The maximum atomic E-state index is 13.9. The molecule has 0 unspecified atom stereocenters. The van der Waals surface area contributed by atoms with E-state index in [1.807, 2.05) is 0 Å². The summed E-state index contributed by atoms with van der Waals surface area (Å²) in [7, 11) is 0. The van der Waals surface area contributed by atoms with Crippen molar-refractivity contribution in [3.05, 3.63) is 120 Å². The van der Waals surface area contributed by atoms with Crippen molar-refractivity contribution in [1.82, 2.24) is 10.3 Å². The number of halogens is 2. The van der Waals surface area contributed by atoms with Crippen LogP contribution in [0, 0.1) is 18.6 Å². The zero-order valence-electron chi connectivity index (χ0n) is 19.4. The molecule has 0 saturated heterocycles. The van der Waals surface area contributed by atoms with Gasteiger partial charge in [-0.05, 0) is 84.6 Å². The maximum absolute atomic E-state index is 13.9. The number of hydrogen-bond acceptors (Lipinski definition) is 4. The molecule has 182 valence electrons. The van der Waals surface area contributed by atoms with Gasteiger partial charge in [0, 0.05) is 11.9 Å². The molecule has 0 aliphatic heterocycles. The minimum absolute atomic E-state index is 0.166. The van der Waals surface area contributed by atoms with Gasteiger partial charge >= 0.3 is 11.8 Å². The molecule has 0 aliphatic carbocycles. The molecule has 0 radical (unpaired) electrons. The van der Waals surface area contributed by atoms with Gasteiger partial charge < -0.3 is 15.4 Å². The molecular formula is C28H23F2N3O3. The van der Waals surface area contributed by atoms with E-state index in [2.05, 4.69) is 15.6 Å². The van der Waals surface area contributed by atoms with Crippen LogP contribution < -0.4 is 15.4 Å². The lowest BCUT2D eigenvalue weighted by molar-refractivity contribution is -0.136. The predicted molar refractivity (Wildman–Crippen MR) is 132 cm³/mol. The van der Waals surface area contributed by atoms with Gasteiger partial charge in [-0.25, -0.2) is 8.78 Å². The van der Waals surface area contributed by atoms with E-state index in [-0.39, 0.29) is 6.42 Å². The van der Waals surface area contributed by atoms with Crippen molar-refractivity contribution in [2.75, 3.05) is 5.32 Å². The molecule has 2 N–H and O–H groups in total. The second kappa shape index (κ2) is 11.2. The van der Waals surface area contributed by atoms with E-state index in [1.165, 1.54) is 30.3 Å². The quantitative estimate of drug-likeness (QED) is 0.338. The molecular weight excluding hydrogens is 464 g/mol. The van der Waals surface area contributed by atoms with Crippen LogP contribution in [-0.2, 0) is 16.0 Å². The highest BCUT2D eigenvalue weighted by Crippen LogP contribution is 2.27. The fraction of sp³-hybridized carbons (Fsp3) is 0.107. The van der Waals surface area contributed by atoms with Crippen LogP contribution >= 0.6 is 0 Å². The average Bonchev–Trinajstić information content (AvgIpc) is 2.86. The molecule has 2 amide bonds. The number of aromatic nitrogens is 1. The van der Waals surface area contributed by atoms with Gasteiger partial charge in [-0.1, -0.05) is 24.3 Å². The van der Waals surface area contributed by atoms with E-state index in [0.717, 1.165) is 5.56 Å². The Balaban J connectivity index is 1.45. The maximum Gasteiger partial charge on any atom is 0.313 e. The highest BCUT2D eigenvalue weighted by atomic mass is 19.1. The summed E-state index contributed by atoms with van der Waals surface area (Å²) in [5.74, 6) is -1.57. The molecule has 0 saturated carbocycles. The number of nitrogens with zero attached hydrogens (tertiary/aromatic N) is 1. The Hall–Kier alpha value is -4.59. The number of rotatable bonds is 7. The monoisotopic (exact) mass is 487 g/mol. The lowest BCUT2D eigenvalue weighted by Crippen LogP contribution is -2.38. The molecule has 0 fully saturated rings. The molecule has 4 aromatic rings. The molecule has 1 heterocycles. The number of benzene rings is 3. The number of carbonyl (C=O) groups is 2. The number of hydrogen-bond donors (Lipinski definition) is 2. The first-order chi connectivity index (χ1) is 17.4. The Morgan fingerprint density at radius 3 is 2.39 bits per heavy atom.